The molecule has 3 aliphatic heterocycles. The maximum Gasteiger partial charge on any atom is 0.315 e. The Morgan fingerprint density at radius 1 is 0.688 bits per heavy atom. The van der Waals surface area contributed by atoms with Gasteiger partial charge >= 0.3 is 5.97 Å². The first-order valence-electron chi connectivity index (χ1n) is 23.7. The Morgan fingerprint density at radius 3 is 2.00 bits per heavy atom. The van der Waals surface area contributed by atoms with Gasteiger partial charge in [-0.05, 0) is 109 Å². The molecule has 10 N–H and O–H groups in total. The fraction of sp³-hybridized carbons (Fsp3) is 0.936. The molecule has 0 radical (unpaired) electrons. The van der Waals surface area contributed by atoms with Crippen LogP contribution < -0.4 is 0 Å². The topological polar surface area (TPSA) is 275 Å². The van der Waals surface area contributed by atoms with Crippen LogP contribution in [0.3, 0.4) is 0 Å². The number of ether oxygens (including phenoxy) is 6. The summed E-state index contributed by atoms with van der Waals surface area (Å²) in [6, 6.07) is 0. The van der Waals surface area contributed by atoms with Crippen molar-refractivity contribution in [2.75, 3.05) is 19.8 Å². The molecule has 0 spiro atoms. The minimum Gasteiger partial charge on any atom is -0.432 e. The zero-order chi connectivity index (χ0) is 46.7. The van der Waals surface area contributed by atoms with Crippen molar-refractivity contribution >= 4 is 5.97 Å². The summed E-state index contributed by atoms with van der Waals surface area (Å²) in [7, 11) is 0. The number of esters is 1. The minimum atomic E-state index is -1.79. The number of aliphatic hydroxyl groups excluding tert-OH is 10. The van der Waals surface area contributed by atoms with Gasteiger partial charge in [0.1, 0.15) is 67.1 Å². The normalized spacial score (nSPS) is 53.4. The third-order valence-electron chi connectivity index (χ3n) is 18.9. The molecular weight excluding hydrogens is 836 g/mol. The van der Waals surface area contributed by atoms with Crippen LogP contribution in [0.25, 0.3) is 0 Å². The highest BCUT2D eigenvalue weighted by atomic mass is 16.7. The van der Waals surface area contributed by atoms with E-state index in [2.05, 4.69) is 54.5 Å². The van der Waals surface area contributed by atoms with E-state index in [1.54, 1.807) is 0 Å². The molecule has 64 heavy (non-hydrogen) atoms. The third-order valence-corrected chi connectivity index (χ3v) is 18.9. The summed E-state index contributed by atoms with van der Waals surface area (Å²) in [5.74, 6) is -0.0729. The Hall–Kier alpha value is -1.39. The van der Waals surface area contributed by atoms with Gasteiger partial charge in [0, 0.05) is 0 Å². The van der Waals surface area contributed by atoms with E-state index in [9.17, 15) is 55.9 Å². The summed E-state index contributed by atoms with van der Waals surface area (Å²) in [6.45, 7) is 15.0. The zero-order valence-electron chi connectivity index (χ0n) is 38.5. The van der Waals surface area contributed by atoms with Crippen LogP contribution in [0, 0.1) is 50.2 Å². The largest absolute Gasteiger partial charge is 0.432 e. The lowest BCUT2D eigenvalue weighted by atomic mass is 9.33. The van der Waals surface area contributed by atoms with Crippen molar-refractivity contribution in [2.45, 2.75) is 205 Å². The first-order valence-corrected chi connectivity index (χ1v) is 23.7. The molecular formula is C47H76O17. The summed E-state index contributed by atoms with van der Waals surface area (Å²) in [5, 5.41) is 105. The molecule has 0 aromatic rings. The van der Waals surface area contributed by atoms with Gasteiger partial charge in [0.15, 0.2) is 12.6 Å². The summed E-state index contributed by atoms with van der Waals surface area (Å²) in [6.07, 6.45) is -11.0. The van der Waals surface area contributed by atoms with E-state index >= 15 is 0 Å². The first-order chi connectivity index (χ1) is 29.9. The van der Waals surface area contributed by atoms with E-state index in [4.69, 9.17) is 28.4 Å². The van der Waals surface area contributed by atoms with Crippen molar-refractivity contribution in [3.05, 3.63) is 11.6 Å². The highest BCUT2D eigenvalue weighted by Gasteiger charge is 2.70. The van der Waals surface area contributed by atoms with E-state index < -0.39 is 111 Å². The van der Waals surface area contributed by atoms with E-state index in [1.807, 2.05) is 0 Å². The fourth-order valence-electron chi connectivity index (χ4n) is 14.7. The highest BCUT2D eigenvalue weighted by Crippen LogP contribution is 2.76. The van der Waals surface area contributed by atoms with Crippen molar-refractivity contribution in [1.29, 1.82) is 0 Å². The molecule has 8 aliphatic rings. The van der Waals surface area contributed by atoms with Gasteiger partial charge in [-0.15, -0.1) is 0 Å². The van der Waals surface area contributed by atoms with Crippen LogP contribution in [0.15, 0.2) is 11.6 Å². The van der Waals surface area contributed by atoms with Gasteiger partial charge in [-0.25, -0.2) is 0 Å². The summed E-state index contributed by atoms with van der Waals surface area (Å²) >= 11 is 0. The molecule has 8 rings (SSSR count). The van der Waals surface area contributed by atoms with Crippen LogP contribution in [0.5, 0.6) is 0 Å². The Balaban J connectivity index is 1.01. The molecule has 0 bridgehead atoms. The van der Waals surface area contributed by atoms with E-state index in [1.165, 1.54) is 5.57 Å². The van der Waals surface area contributed by atoms with Gasteiger partial charge in [-0.3, -0.25) is 4.79 Å². The predicted molar refractivity (Wildman–Crippen MR) is 224 cm³/mol. The van der Waals surface area contributed by atoms with Crippen LogP contribution in [0.2, 0.25) is 0 Å². The number of fused-ring (bicyclic) bond motifs is 7. The van der Waals surface area contributed by atoms with Crippen LogP contribution in [0.1, 0.15) is 113 Å². The van der Waals surface area contributed by atoms with E-state index in [-0.39, 0.29) is 45.7 Å². The Morgan fingerprint density at radius 2 is 1.31 bits per heavy atom. The van der Waals surface area contributed by atoms with Gasteiger partial charge in [0.05, 0.1) is 31.3 Å². The third kappa shape index (κ3) is 7.67. The summed E-state index contributed by atoms with van der Waals surface area (Å²) in [5.41, 5.74) is -0.415. The Bertz CT molecular complexity index is 1740. The number of carbonyl (C=O) groups excluding carboxylic acids is 1. The molecule has 0 unspecified atom stereocenters. The molecule has 22 atom stereocenters. The number of aliphatic hydroxyl groups is 10. The van der Waals surface area contributed by atoms with Crippen LogP contribution >= 0.6 is 0 Å². The standard InChI is InChI=1S/C47H76O17/c1-42(2)14-16-47(41(58)64-40-37(57)34(54)32(52)26(62-40)21-60-38-36(56)33(53)31(51)25(19-48)61-38)17-15-45(6)22(23(47)18-42)8-9-28-44(5)12-11-29(43(3,4)27(44)10-13-46(28,45)7)63-39-35(55)30(50)24(49)20-59-39/h8,23-40,48-57H,9-21H2,1-7H3/t23-,24+,25+,26+,27-,28+,29-,30-,31+,32+,33-,34-,35+,36+,37+,38+,39-,40-,44-,45-,46-,47-/m1/s1. The number of rotatable bonds is 8. The lowest BCUT2D eigenvalue weighted by Crippen LogP contribution is -2.66. The van der Waals surface area contributed by atoms with Gasteiger partial charge in [0.2, 0.25) is 6.29 Å². The summed E-state index contributed by atoms with van der Waals surface area (Å²) in [4.78, 5) is 14.9. The number of allylic oxidation sites excluding steroid dienone is 2. The molecule has 366 valence electrons. The van der Waals surface area contributed by atoms with Crippen molar-refractivity contribution in [3.8, 4) is 0 Å². The molecule has 17 nitrogen and oxygen atoms in total. The lowest BCUT2D eigenvalue weighted by molar-refractivity contribution is -0.328. The molecule has 3 saturated heterocycles. The number of hydrogen-bond acceptors (Lipinski definition) is 17. The van der Waals surface area contributed by atoms with E-state index in [0.29, 0.717) is 24.7 Å². The molecule has 17 heteroatoms. The van der Waals surface area contributed by atoms with Crippen LogP contribution in [-0.4, -0.2) is 169 Å². The Labute approximate surface area is 376 Å². The highest BCUT2D eigenvalue weighted by molar-refractivity contribution is 5.79. The first kappa shape index (κ1) is 49.0. The maximum atomic E-state index is 14.9. The van der Waals surface area contributed by atoms with Crippen LogP contribution in [0.4, 0.5) is 0 Å². The molecule has 0 aromatic carbocycles. The van der Waals surface area contributed by atoms with Crippen molar-refractivity contribution in [1.82, 2.24) is 0 Å². The van der Waals surface area contributed by atoms with Gasteiger partial charge < -0.3 is 79.5 Å². The van der Waals surface area contributed by atoms with E-state index in [0.717, 1.165) is 51.4 Å². The molecule has 0 amide bonds. The fourth-order valence-corrected chi connectivity index (χ4v) is 14.7. The second kappa shape index (κ2) is 17.2. The zero-order valence-corrected chi connectivity index (χ0v) is 38.5. The average molecular weight is 913 g/mol. The van der Waals surface area contributed by atoms with Gasteiger partial charge in [-0.2, -0.15) is 0 Å². The quantitative estimate of drug-likeness (QED) is 0.0916. The van der Waals surface area contributed by atoms with Crippen LogP contribution in [-0.2, 0) is 33.2 Å². The second-order valence-corrected chi connectivity index (χ2v) is 23.1. The molecule has 4 saturated carbocycles. The van der Waals surface area contributed by atoms with Gasteiger partial charge in [-0.1, -0.05) is 60.1 Å². The molecule has 7 fully saturated rings. The minimum absolute atomic E-state index is 0.0502. The molecule has 3 heterocycles. The lowest BCUT2D eigenvalue weighted by Gasteiger charge is -2.71. The molecule has 5 aliphatic carbocycles. The number of carbonyl (C=O) groups is 1. The smallest absolute Gasteiger partial charge is 0.315 e. The SMILES string of the molecule is CC1(C)CC[C@@]2(C(=O)O[C@H]3O[C@@H](CO[C@H]4O[C@@H](CO)[C@H](O)[C@@H](O)[C@@H]4O)[C@H](O)[C@@H](O)[C@@H]3O)CC[C@]3(C)C(=CC[C@H]4[C@]5(C)CC[C@@H](O[C@H]6OC[C@H](O)[C@@H](O)[C@@H]6O)C(C)(C)[C@H]5CC[C@]43C)[C@H]2C1. The van der Waals surface area contributed by atoms with Crippen molar-refractivity contribution in [3.63, 3.8) is 0 Å². The Kier molecular flexibility index (Phi) is 13.2. The van der Waals surface area contributed by atoms with Gasteiger partial charge in [0.25, 0.3) is 0 Å². The molecule has 0 aromatic heterocycles. The maximum absolute atomic E-state index is 14.9. The van der Waals surface area contributed by atoms with Crippen molar-refractivity contribution < 1.29 is 84.3 Å². The number of hydrogen-bond donors (Lipinski definition) is 10. The predicted octanol–water partition coefficient (Wildman–Crippen LogP) is 0.780. The van der Waals surface area contributed by atoms with Crippen molar-refractivity contribution in [2.24, 2.45) is 50.2 Å². The monoisotopic (exact) mass is 913 g/mol. The second-order valence-electron chi connectivity index (χ2n) is 23.1. The average Bonchev–Trinajstić information content (AvgIpc) is 3.24. The summed E-state index contributed by atoms with van der Waals surface area (Å²) < 4.78 is 35.3.